The lowest BCUT2D eigenvalue weighted by atomic mass is 9.86. The summed E-state index contributed by atoms with van der Waals surface area (Å²) in [7, 11) is -0.474. The summed E-state index contributed by atoms with van der Waals surface area (Å²) >= 11 is 0. The highest BCUT2D eigenvalue weighted by Gasteiger charge is 2.53. The van der Waals surface area contributed by atoms with Gasteiger partial charge in [-0.15, -0.1) is 0 Å². The van der Waals surface area contributed by atoms with Gasteiger partial charge in [-0.25, -0.2) is 4.98 Å². The second kappa shape index (κ2) is 4.23. The van der Waals surface area contributed by atoms with Gasteiger partial charge in [0.25, 0.3) is 0 Å². The second-order valence-corrected chi connectivity index (χ2v) is 6.11. The Kier molecular flexibility index (Phi) is 2.85. The van der Waals surface area contributed by atoms with Crippen LogP contribution in [0.2, 0.25) is 0 Å². The molecule has 0 saturated carbocycles. The summed E-state index contributed by atoms with van der Waals surface area (Å²) in [5, 5.41) is 0. The molecule has 3 heterocycles. The summed E-state index contributed by atoms with van der Waals surface area (Å²) in [4.78, 5) is 4.19. The molecule has 6 heteroatoms. The number of imidazole rings is 1. The predicted octanol–water partition coefficient (Wildman–Crippen LogP) is 2.07. The zero-order valence-corrected chi connectivity index (χ0v) is 12.5. The molecular weight excluding hydrogens is 255 g/mol. The summed E-state index contributed by atoms with van der Waals surface area (Å²) < 4.78 is 19.7. The van der Waals surface area contributed by atoms with Crippen molar-refractivity contribution in [3.8, 4) is 5.88 Å². The van der Waals surface area contributed by atoms with Crippen molar-refractivity contribution >= 4 is 12.8 Å². The average molecular weight is 274 g/mol. The van der Waals surface area contributed by atoms with E-state index in [1.54, 1.807) is 6.20 Å². The summed E-state index contributed by atoms with van der Waals surface area (Å²) in [5.74, 6) is 1.59. The molecule has 0 unspecified atom stereocenters. The lowest BCUT2D eigenvalue weighted by molar-refractivity contribution is 0.00578. The maximum Gasteiger partial charge on any atom is 0.532 e. The van der Waals surface area contributed by atoms with Crippen LogP contribution in [0.15, 0.2) is 28.9 Å². The number of furan rings is 1. The highest BCUT2D eigenvalue weighted by molar-refractivity contribution is 6.60. The molecular formula is C14H19BN2O3. The van der Waals surface area contributed by atoms with E-state index in [4.69, 9.17) is 13.7 Å². The van der Waals surface area contributed by atoms with Gasteiger partial charge in [0.2, 0.25) is 5.88 Å². The molecule has 1 aliphatic rings. The molecule has 20 heavy (non-hydrogen) atoms. The van der Waals surface area contributed by atoms with E-state index >= 15 is 0 Å². The molecule has 0 aliphatic carbocycles. The number of aryl methyl sites for hydroxylation is 1. The van der Waals surface area contributed by atoms with Crippen LogP contribution < -0.4 is 5.66 Å². The predicted molar refractivity (Wildman–Crippen MR) is 76.3 cm³/mol. The first-order valence-corrected chi connectivity index (χ1v) is 6.76. The molecule has 106 valence electrons. The molecule has 5 nitrogen and oxygen atoms in total. The van der Waals surface area contributed by atoms with Crippen LogP contribution >= 0.6 is 0 Å². The molecule has 2 aromatic heterocycles. The highest BCUT2D eigenvalue weighted by atomic mass is 16.7. The van der Waals surface area contributed by atoms with Crippen LogP contribution in [0.5, 0.6) is 0 Å². The van der Waals surface area contributed by atoms with Gasteiger partial charge in [-0.05, 0) is 40.7 Å². The first-order chi connectivity index (χ1) is 9.30. The Morgan fingerprint density at radius 2 is 1.75 bits per heavy atom. The number of rotatable bonds is 2. The fourth-order valence-electron chi connectivity index (χ4n) is 2.17. The van der Waals surface area contributed by atoms with Crippen LogP contribution in [0.25, 0.3) is 5.88 Å². The van der Waals surface area contributed by atoms with E-state index in [0.29, 0.717) is 11.5 Å². The van der Waals surface area contributed by atoms with Crippen LogP contribution in [0.1, 0.15) is 33.5 Å². The largest absolute Gasteiger partial charge is 0.532 e. The topological polar surface area (TPSA) is 49.4 Å². The van der Waals surface area contributed by atoms with Gasteiger partial charge in [-0.2, -0.15) is 0 Å². The quantitative estimate of drug-likeness (QED) is 0.787. The van der Waals surface area contributed by atoms with E-state index in [9.17, 15) is 0 Å². The van der Waals surface area contributed by atoms with Crippen molar-refractivity contribution in [3.63, 3.8) is 0 Å². The van der Waals surface area contributed by atoms with Gasteiger partial charge >= 0.3 is 7.12 Å². The van der Waals surface area contributed by atoms with Gasteiger partial charge in [-0.3, -0.25) is 4.57 Å². The second-order valence-electron chi connectivity index (χ2n) is 6.11. The third-order valence-electron chi connectivity index (χ3n) is 4.16. The van der Waals surface area contributed by atoms with Gasteiger partial charge in [0.05, 0.1) is 11.2 Å². The molecule has 2 aromatic rings. The van der Waals surface area contributed by atoms with E-state index < -0.39 is 7.12 Å². The third kappa shape index (κ3) is 1.99. The van der Waals surface area contributed by atoms with E-state index in [-0.39, 0.29) is 11.2 Å². The van der Waals surface area contributed by atoms with Crippen molar-refractivity contribution in [2.45, 2.75) is 45.8 Å². The Labute approximate surface area is 119 Å². The van der Waals surface area contributed by atoms with Crippen molar-refractivity contribution in [1.82, 2.24) is 9.55 Å². The minimum atomic E-state index is -0.474. The lowest BCUT2D eigenvalue weighted by Crippen LogP contribution is -2.41. The van der Waals surface area contributed by atoms with Crippen LogP contribution in [0.4, 0.5) is 0 Å². The zero-order chi connectivity index (χ0) is 14.5. The van der Waals surface area contributed by atoms with Crippen molar-refractivity contribution in [1.29, 1.82) is 0 Å². The first kappa shape index (κ1) is 13.5. The van der Waals surface area contributed by atoms with E-state index in [1.807, 2.05) is 57.5 Å². The maximum atomic E-state index is 5.97. The Morgan fingerprint density at radius 3 is 2.30 bits per heavy atom. The zero-order valence-electron chi connectivity index (χ0n) is 12.5. The van der Waals surface area contributed by atoms with Crippen molar-refractivity contribution < 1.29 is 13.7 Å². The van der Waals surface area contributed by atoms with Crippen molar-refractivity contribution in [2.24, 2.45) is 0 Å². The number of nitrogens with zero attached hydrogens (tertiary/aromatic N) is 2. The van der Waals surface area contributed by atoms with Crippen molar-refractivity contribution in [2.75, 3.05) is 0 Å². The summed E-state index contributed by atoms with van der Waals surface area (Å²) in [6.07, 6.45) is 3.61. The number of hydrogen-bond donors (Lipinski definition) is 0. The fraction of sp³-hybridized carbons (Fsp3) is 0.500. The minimum Gasteiger partial charge on any atom is -0.448 e. The number of aromatic nitrogens is 2. The van der Waals surface area contributed by atoms with E-state index in [2.05, 4.69) is 4.98 Å². The Morgan fingerprint density at radius 1 is 1.10 bits per heavy atom. The Balaban J connectivity index is 1.88. The van der Waals surface area contributed by atoms with Crippen LogP contribution in [0.3, 0.4) is 0 Å². The summed E-state index contributed by atoms with van der Waals surface area (Å²) in [6.45, 7) is 10.0. The van der Waals surface area contributed by atoms with Crippen LogP contribution in [-0.4, -0.2) is 27.9 Å². The van der Waals surface area contributed by atoms with Crippen molar-refractivity contribution in [3.05, 3.63) is 30.4 Å². The fourth-order valence-corrected chi connectivity index (χ4v) is 2.17. The molecule has 0 bridgehead atoms. The standard InChI is InChI=1S/C14H19BN2O3/c1-10-16-8-9-17(10)12-7-6-11(18-12)15-19-13(2,3)14(4,5)20-15/h6-9H,1-5H3. The summed E-state index contributed by atoms with van der Waals surface area (Å²) in [6, 6.07) is 3.78. The monoisotopic (exact) mass is 274 g/mol. The molecule has 0 radical (unpaired) electrons. The van der Waals surface area contributed by atoms with Gasteiger partial charge in [0, 0.05) is 18.5 Å². The third-order valence-corrected chi connectivity index (χ3v) is 4.16. The maximum absolute atomic E-state index is 5.97. The van der Waals surface area contributed by atoms with Gasteiger partial charge in [0.1, 0.15) is 11.5 Å². The molecule has 0 spiro atoms. The normalized spacial score (nSPS) is 20.6. The van der Waals surface area contributed by atoms with Gasteiger partial charge in [0.15, 0.2) is 0 Å². The van der Waals surface area contributed by atoms with E-state index in [0.717, 1.165) is 5.82 Å². The minimum absolute atomic E-state index is 0.366. The Hall–Kier alpha value is -1.53. The molecule has 0 amide bonds. The summed E-state index contributed by atoms with van der Waals surface area (Å²) in [5.41, 5.74) is -0.0582. The average Bonchev–Trinajstić information content (AvgIpc) is 2.98. The molecule has 1 aliphatic heterocycles. The number of hydrogen-bond acceptors (Lipinski definition) is 4. The molecule has 1 fully saturated rings. The molecule has 0 N–H and O–H groups in total. The smallest absolute Gasteiger partial charge is 0.448 e. The Bertz CT molecular complexity index is 614. The SMILES string of the molecule is Cc1nccn1-c1ccc(B2OC(C)(C)C(C)(C)O2)o1. The highest BCUT2D eigenvalue weighted by Crippen LogP contribution is 2.36. The lowest BCUT2D eigenvalue weighted by Gasteiger charge is -2.32. The van der Waals surface area contributed by atoms with Gasteiger partial charge < -0.3 is 13.7 Å². The van der Waals surface area contributed by atoms with Gasteiger partial charge in [-0.1, -0.05) is 0 Å². The molecule has 0 aromatic carbocycles. The molecule has 0 atom stereocenters. The molecule has 1 saturated heterocycles. The van der Waals surface area contributed by atoms with Crippen LogP contribution in [-0.2, 0) is 9.31 Å². The first-order valence-electron chi connectivity index (χ1n) is 6.76. The van der Waals surface area contributed by atoms with E-state index in [1.165, 1.54) is 0 Å². The van der Waals surface area contributed by atoms with Crippen LogP contribution in [0, 0.1) is 6.92 Å². The molecule has 3 rings (SSSR count).